The Morgan fingerprint density at radius 1 is 1.26 bits per heavy atom. The van der Waals surface area contributed by atoms with E-state index in [1.165, 1.54) is 19.4 Å². The third-order valence-corrected chi connectivity index (χ3v) is 6.45. The van der Waals surface area contributed by atoms with Gasteiger partial charge in [0.1, 0.15) is 0 Å². The highest BCUT2D eigenvalue weighted by molar-refractivity contribution is 7.91. The van der Waals surface area contributed by atoms with Gasteiger partial charge in [0, 0.05) is 17.6 Å². The molecular weight excluding hydrogens is 260 g/mol. The summed E-state index contributed by atoms with van der Waals surface area (Å²) < 4.78 is 23.3. The summed E-state index contributed by atoms with van der Waals surface area (Å²) in [5.41, 5.74) is -0.198. The lowest BCUT2D eigenvalue weighted by molar-refractivity contribution is 0.226. The highest BCUT2D eigenvalue weighted by Crippen LogP contribution is 2.25. The van der Waals surface area contributed by atoms with E-state index >= 15 is 0 Å². The van der Waals surface area contributed by atoms with Gasteiger partial charge in [0.15, 0.2) is 9.84 Å². The highest BCUT2D eigenvalue weighted by Gasteiger charge is 2.39. The number of hydrogen-bond donors (Lipinski definition) is 1. The summed E-state index contributed by atoms with van der Waals surface area (Å²) in [5, 5.41) is 3.64. The summed E-state index contributed by atoms with van der Waals surface area (Å²) in [6.07, 6.45) is 4.27. The molecule has 0 bridgehead atoms. The van der Waals surface area contributed by atoms with Crippen molar-refractivity contribution in [1.29, 1.82) is 0 Å². The molecular formula is C14H28N2O2S. The van der Waals surface area contributed by atoms with Crippen LogP contribution >= 0.6 is 0 Å². The smallest absolute Gasteiger partial charge is 0.152 e. The molecule has 2 aliphatic heterocycles. The van der Waals surface area contributed by atoms with Crippen molar-refractivity contribution in [3.63, 3.8) is 0 Å². The fourth-order valence-electron chi connectivity index (χ4n) is 3.40. The summed E-state index contributed by atoms with van der Waals surface area (Å²) in [4.78, 5) is 2.52. The van der Waals surface area contributed by atoms with Crippen molar-refractivity contribution < 1.29 is 8.42 Å². The van der Waals surface area contributed by atoms with Crippen LogP contribution in [0, 0.1) is 0 Å². The second kappa shape index (κ2) is 5.70. The molecule has 112 valence electrons. The minimum Gasteiger partial charge on any atom is -0.308 e. The molecule has 2 saturated heterocycles. The fraction of sp³-hybridized carbons (Fsp3) is 1.00. The maximum Gasteiger partial charge on any atom is 0.152 e. The van der Waals surface area contributed by atoms with E-state index in [1.807, 2.05) is 0 Å². The van der Waals surface area contributed by atoms with Crippen LogP contribution in [-0.4, -0.2) is 55.5 Å². The van der Waals surface area contributed by atoms with Crippen LogP contribution in [0.15, 0.2) is 0 Å². The van der Waals surface area contributed by atoms with Gasteiger partial charge in [0.2, 0.25) is 0 Å². The van der Waals surface area contributed by atoms with Crippen molar-refractivity contribution >= 4 is 9.84 Å². The predicted octanol–water partition coefficient (Wildman–Crippen LogP) is 1.42. The Morgan fingerprint density at radius 2 is 2.00 bits per heavy atom. The van der Waals surface area contributed by atoms with Gasteiger partial charge in [-0.05, 0) is 59.5 Å². The minimum absolute atomic E-state index is 0.198. The van der Waals surface area contributed by atoms with Crippen LogP contribution in [0.5, 0.6) is 0 Å². The lowest BCUT2D eigenvalue weighted by atomic mass is 9.98. The van der Waals surface area contributed by atoms with E-state index < -0.39 is 9.84 Å². The van der Waals surface area contributed by atoms with E-state index in [0.717, 1.165) is 19.4 Å². The molecule has 2 heterocycles. The second-order valence-corrected chi connectivity index (χ2v) is 8.99. The lowest BCUT2D eigenvalue weighted by Crippen LogP contribution is -2.49. The molecule has 0 aromatic carbocycles. The third-order valence-electron chi connectivity index (χ3n) is 4.55. The van der Waals surface area contributed by atoms with E-state index in [0.29, 0.717) is 23.6 Å². The number of hydrogen-bond acceptors (Lipinski definition) is 4. The lowest BCUT2D eigenvalue weighted by Gasteiger charge is -2.30. The van der Waals surface area contributed by atoms with Crippen LogP contribution in [0.25, 0.3) is 0 Å². The van der Waals surface area contributed by atoms with Gasteiger partial charge >= 0.3 is 0 Å². The zero-order chi connectivity index (χ0) is 14.1. The molecule has 0 aliphatic carbocycles. The quantitative estimate of drug-likeness (QED) is 0.853. The first-order valence-corrected chi connectivity index (χ1v) is 9.34. The molecule has 0 aromatic rings. The molecule has 0 saturated carbocycles. The molecule has 0 aromatic heterocycles. The van der Waals surface area contributed by atoms with Crippen LogP contribution in [0.2, 0.25) is 0 Å². The normalized spacial score (nSPS) is 36.5. The molecule has 2 fully saturated rings. The Labute approximate surface area is 117 Å². The van der Waals surface area contributed by atoms with Crippen molar-refractivity contribution in [2.75, 3.05) is 24.6 Å². The molecule has 4 nitrogen and oxygen atoms in total. The Bertz CT molecular complexity index is 408. The average molecular weight is 288 g/mol. The minimum atomic E-state index is -2.81. The summed E-state index contributed by atoms with van der Waals surface area (Å²) in [5.74, 6) is 0.658. The van der Waals surface area contributed by atoms with Gasteiger partial charge < -0.3 is 10.2 Å². The van der Waals surface area contributed by atoms with E-state index in [9.17, 15) is 8.42 Å². The van der Waals surface area contributed by atoms with Crippen LogP contribution < -0.4 is 5.32 Å². The molecule has 2 atom stereocenters. The molecule has 2 aliphatic rings. The van der Waals surface area contributed by atoms with Crippen LogP contribution in [0.1, 0.15) is 46.5 Å². The van der Waals surface area contributed by atoms with Gasteiger partial charge in [-0.1, -0.05) is 0 Å². The molecule has 2 rings (SSSR count). The highest BCUT2D eigenvalue weighted by atomic mass is 32.2. The van der Waals surface area contributed by atoms with E-state index in [-0.39, 0.29) is 5.54 Å². The SMILES string of the molecule is CC(C)N1CCCC(NC2(C)CCS(=O)(=O)C2)CC1. The van der Waals surface area contributed by atoms with Crippen molar-refractivity contribution in [1.82, 2.24) is 10.2 Å². The molecule has 2 unspecified atom stereocenters. The molecule has 19 heavy (non-hydrogen) atoms. The topological polar surface area (TPSA) is 49.4 Å². The zero-order valence-corrected chi connectivity index (χ0v) is 13.3. The van der Waals surface area contributed by atoms with E-state index in [2.05, 4.69) is 31.0 Å². The maximum atomic E-state index is 11.6. The van der Waals surface area contributed by atoms with Gasteiger partial charge in [-0.2, -0.15) is 0 Å². The van der Waals surface area contributed by atoms with Crippen molar-refractivity contribution in [2.24, 2.45) is 0 Å². The number of rotatable bonds is 3. The zero-order valence-electron chi connectivity index (χ0n) is 12.5. The van der Waals surface area contributed by atoms with Gasteiger partial charge in [-0.25, -0.2) is 8.42 Å². The summed E-state index contributed by atoms with van der Waals surface area (Å²) in [7, 11) is -2.81. The van der Waals surface area contributed by atoms with Crippen LogP contribution in [0.3, 0.4) is 0 Å². The maximum absolute atomic E-state index is 11.6. The predicted molar refractivity (Wildman–Crippen MR) is 79.2 cm³/mol. The van der Waals surface area contributed by atoms with E-state index in [1.54, 1.807) is 0 Å². The van der Waals surface area contributed by atoms with Gasteiger partial charge in [-0.3, -0.25) is 0 Å². The standard InChI is InChI=1S/C14H28N2O2S/c1-12(2)16-8-4-5-13(6-9-16)15-14(3)7-10-19(17,18)11-14/h12-13,15H,4-11H2,1-3H3. The monoisotopic (exact) mass is 288 g/mol. The third kappa shape index (κ3) is 4.17. The van der Waals surface area contributed by atoms with E-state index in [4.69, 9.17) is 0 Å². The Balaban J connectivity index is 1.90. The van der Waals surface area contributed by atoms with Crippen molar-refractivity contribution in [3.8, 4) is 0 Å². The molecule has 0 amide bonds. The van der Waals surface area contributed by atoms with Gasteiger partial charge in [0.05, 0.1) is 11.5 Å². The first-order valence-electron chi connectivity index (χ1n) is 7.52. The molecule has 0 spiro atoms. The first kappa shape index (κ1) is 15.3. The number of likely N-dealkylation sites (tertiary alicyclic amines) is 1. The number of sulfone groups is 1. The first-order chi connectivity index (χ1) is 8.80. The molecule has 5 heteroatoms. The largest absolute Gasteiger partial charge is 0.308 e. The summed E-state index contributed by atoms with van der Waals surface area (Å²) in [6.45, 7) is 8.86. The van der Waals surface area contributed by atoms with Gasteiger partial charge in [-0.15, -0.1) is 0 Å². The molecule has 0 radical (unpaired) electrons. The summed E-state index contributed by atoms with van der Waals surface area (Å²) in [6, 6.07) is 1.09. The van der Waals surface area contributed by atoms with Crippen LogP contribution in [0.4, 0.5) is 0 Å². The van der Waals surface area contributed by atoms with Gasteiger partial charge in [0.25, 0.3) is 0 Å². The Morgan fingerprint density at radius 3 is 2.58 bits per heavy atom. The number of nitrogens with zero attached hydrogens (tertiary/aromatic N) is 1. The van der Waals surface area contributed by atoms with Crippen LogP contribution in [-0.2, 0) is 9.84 Å². The Hall–Kier alpha value is -0.130. The summed E-state index contributed by atoms with van der Waals surface area (Å²) >= 11 is 0. The average Bonchev–Trinajstić information content (AvgIpc) is 2.49. The number of nitrogens with one attached hydrogen (secondary N) is 1. The fourth-order valence-corrected chi connectivity index (χ4v) is 5.50. The Kier molecular flexibility index (Phi) is 4.58. The second-order valence-electron chi connectivity index (χ2n) is 6.80. The molecule has 1 N–H and O–H groups in total. The van der Waals surface area contributed by atoms with Crippen molar-refractivity contribution in [3.05, 3.63) is 0 Å². The van der Waals surface area contributed by atoms with Crippen molar-refractivity contribution in [2.45, 2.75) is 64.1 Å².